The van der Waals surface area contributed by atoms with Gasteiger partial charge in [0.05, 0.1) is 4.90 Å². The van der Waals surface area contributed by atoms with Gasteiger partial charge in [-0.05, 0) is 43.6 Å². The fraction of sp³-hybridized carbons (Fsp3) is 0.533. The molecule has 2 rings (SSSR count). The highest BCUT2D eigenvalue weighted by atomic mass is 32.2. The molecule has 1 aliphatic rings. The van der Waals surface area contributed by atoms with Gasteiger partial charge in [0.25, 0.3) is 0 Å². The predicted molar refractivity (Wildman–Crippen MR) is 84.5 cm³/mol. The maximum atomic E-state index is 12.2. The van der Waals surface area contributed by atoms with Crippen LogP contribution in [0, 0.1) is 5.92 Å². The number of carbonyl (C=O) groups is 1. The Balaban J connectivity index is 2.05. The minimum Gasteiger partial charge on any atom is -0.369 e. The van der Waals surface area contributed by atoms with Crippen LogP contribution in [-0.4, -0.2) is 50.7 Å². The first-order valence-corrected chi connectivity index (χ1v) is 8.78. The van der Waals surface area contributed by atoms with Crippen LogP contribution in [0.5, 0.6) is 0 Å². The molecule has 0 aromatic heterocycles. The molecule has 1 aromatic carbocycles. The van der Waals surface area contributed by atoms with Gasteiger partial charge < -0.3 is 5.73 Å². The van der Waals surface area contributed by atoms with Crippen molar-refractivity contribution in [3.63, 3.8) is 0 Å². The zero-order valence-corrected chi connectivity index (χ0v) is 13.8. The zero-order chi connectivity index (χ0) is 16.3. The molecule has 0 bridgehead atoms. The summed E-state index contributed by atoms with van der Waals surface area (Å²) in [6, 6.07) is 7.02. The Morgan fingerprint density at radius 2 is 1.95 bits per heavy atom. The fourth-order valence-electron chi connectivity index (χ4n) is 2.65. The van der Waals surface area contributed by atoms with Gasteiger partial charge in [-0.15, -0.1) is 0 Å². The molecule has 0 radical (unpaired) electrons. The summed E-state index contributed by atoms with van der Waals surface area (Å²) >= 11 is 0. The van der Waals surface area contributed by atoms with Crippen LogP contribution in [0.4, 0.5) is 0 Å². The summed E-state index contributed by atoms with van der Waals surface area (Å²) < 4.78 is 25.5. The molecule has 0 spiro atoms. The number of benzene rings is 1. The van der Waals surface area contributed by atoms with Crippen LogP contribution in [0.15, 0.2) is 29.2 Å². The zero-order valence-electron chi connectivity index (χ0n) is 13.0. The third-order valence-electron chi connectivity index (χ3n) is 4.07. The van der Waals surface area contributed by atoms with E-state index in [4.69, 9.17) is 5.73 Å². The van der Waals surface area contributed by atoms with Crippen LogP contribution < -0.4 is 5.73 Å². The molecule has 122 valence electrons. The summed E-state index contributed by atoms with van der Waals surface area (Å²) in [6.07, 6.45) is 1.54. The van der Waals surface area contributed by atoms with E-state index in [1.165, 1.54) is 18.4 Å². The summed E-state index contributed by atoms with van der Waals surface area (Å²) in [4.78, 5) is 13.7. The van der Waals surface area contributed by atoms with E-state index in [-0.39, 0.29) is 11.8 Å². The maximum absolute atomic E-state index is 12.2. The molecule has 1 fully saturated rings. The standard InChI is InChI=1S/C15H23N3O3S/c1-17(2)22(20,21)14-5-3-4-12(10-14)11-18-8-6-13(7-9-18)15(16)19/h3-5,10,13H,6-9,11H2,1-2H3,(H2,16,19). The lowest BCUT2D eigenvalue weighted by Crippen LogP contribution is -2.38. The van der Waals surface area contributed by atoms with Crippen molar-refractivity contribution in [1.29, 1.82) is 0 Å². The summed E-state index contributed by atoms with van der Waals surface area (Å²) in [5.41, 5.74) is 6.29. The molecule has 2 N–H and O–H groups in total. The lowest BCUT2D eigenvalue weighted by atomic mass is 9.96. The lowest BCUT2D eigenvalue weighted by Gasteiger charge is -2.30. The molecule has 1 saturated heterocycles. The van der Waals surface area contributed by atoms with Crippen molar-refractivity contribution in [2.75, 3.05) is 27.2 Å². The molecule has 0 aliphatic carbocycles. The Hall–Kier alpha value is -1.44. The second-order valence-electron chi connectivity index (χ2n) is 5.89. The quantitative estimate of drug-likeness (QED) is 0.861. The number of primary amides is 1. The SMILES string of the molecule is CN(C)S(=O)(=O)c1cccc(CN2CCC(C(N)=O)CC2)c1. The second-order valence-corrected chi connectivity index (χ2v) is 8.04. The Labute approximate surface area is 131 Å². The summed E-state index contributed by atoms with van der Waals surface area (Å²) in [5.74, 6) is -0.254. The van der Waals surface area contributed by atoms with Gasteiger partial charge in [-0.2, -0.15) is 0 Å². The maximum Gasteiger partial charge on any atom is 0.242 e. The minimum absolute atomic E-state index is 0.0308. The minimum atomic E-state index is -3.41. The highest BCUT2D eigenvalue weighted by Gasteiger charge is 2.23. The van der Waals surface area contributed by atoms with Crippen LogP contribution in [0.3, 0.4) is 0 Å². The van der Waals surface area contributed by atoms with E-state index >= 15 is 0 Å². The Morgan fingerprint density at radius 3 is 2.50 bits per heavy atom. The third-order valence-corrected chi connectivity index (χ3v) is 5.88. The van der Waals surface area contributed by atoms with E-state index in [9.17, 15) is 13.2 Å². The molecule has 22 heavy (non-hydrogen) atoms. The number of rotatable bonds is 5. The largest absolute Gasteiger partial charge is 0.369 e. The van der Waals surface area contributed by atoms with E-state index in [2.05, 4.69) is 4.90 Å². The summed E-state index contributed by atoms with van der Waals surface area (Å²) in [5, 5.41) is 0. The van der Waals surface area contributed by atoms with E-state index in [1.807, 2.05) is 6.07 Å². The Morgan fingerprint density at radius 1 is 1.32 bits per heavy atom. The van der Waals surface area contributed by atoms with Crippen molar-refractivity contribution in [3.05, 3.63) is 29.8 Å². The van der Waals surface area contributed by atoms with Crippen molar-refractivity contribution >= 4 is 15.9 Å². The number of sulfonamides is 1. The van der Waals surface area contributed by atoms with Gasteiger partial charge >= 0.3 is 0 Å². The van der Waals surface area contributed by atoms with Gasteiger partial charge in [0.1, 0.15) is 0 Å². The van der Waals surface area contributed by atoms with Crippen LogP contribution in [-0.2, 0) is 21.4 Å². The smallest absolute Gasteiger partial charge is 0.242 e. The number of hydrogen-bond acceptors (Lipinski definition) is 4. The highest BCUT2D eigenvalue weighted by molar-refractivity contribution is 7.89. The number of nitrogens with zero attached hydrogens (tertiary/aromatic N) is 2. The Kier molecular flexibility index (Phi) is 5.20. The third kappa shape index (κ3) is 3.85. The van der Waals surface area contributed by atoms with Crippen LogP contribution >= 0.6 is 0 Å². The number of piperidine rings is 1. The molecule has 1 aliphatic heterocycles. The fourth-order valence-corrected chi connectivity index (χ4v) is 3.62. The predicted octanol–water partition coefficient (Wildman–Crippen LogP) is 0.634. The average Bonchev–Trinajstić information content (AvgIpc) is 2.48. The lowest BCUT2D eigenvalue weighted by molar-refractivity contribution is -0.123. The van der Waals surface area contributed by atoms with E-state index in [0.29, 0.717) is 11.4 Å². The molecular formula is C15H23N3O3S. The number of hydrogen-bond donors (Lipinski definition) is 1. The average molecular weight is 325 g/mol. The monoisotopic (exact) mass is 325 g/mol. The first kappa shape index (κ1) is 16.9. The van der Waals surface area contributed by atoms with Crippen LogP contribution in [0.2, 0.25) is 0 Å². The van der Waals surface area contributed by atoms with Crippen molar-refractivity contribution in [3.8, 4) is 0 Å². The van der Waals surface area contributed by atoms with E-state index in [0.717, 1.165) is 31.5 Å². The number of nitrogens with two attached hydrogens (primary N) is 1. The molecule has 0 atom stereocenters. The van der Waals surface area contributed by atoms with Gasteiger partial charge in [-0.1, -0.05) is 12.1 Å². The van der Waals surface area contributed by atoms with Gasteiger partial charge in [0.2, 0.25) is 15.9 Å². The van der Waals surface area contributed by atoms with E-state index in [1.54, 1.807) is 18.2 Å². The topological polar surface area (TPSA) is 83.7 Å². The van der Waals surface area contributed by atoms with Gasteiger partial charge in [-0.25, -0.2) is 12.7 Å². The van der Waals surface area contributed by atoms with Gasteiger partial charge in [0, 0.05) is 26.6 Å². The summed E-state index contributed by atoms with van der Waals surface area (Å²) in [6.45, 7) is 2.29. The molecule has 0 unspecified atom stereocenters. The van der Waals surface area contributed by atoms with Gasteiger partial charge in [-0.3, -0.25) is 9.69 Å². The molecule has 1 aromatic rings. The van der Waals surface area contributed by atoms with Crippen molar-refractivity contribution in [1.82, 2.24) is 9.21 Å². The van der Waals surface area contributed by atoms with Crippen molar-refractivity contribution < 1.29 is 13.2 Å². The molecule has 7 heteroatoms. The van der Waals surface area contributed by atoms with Crippen LogP contribution in [0.25, 0.3) is 0 Å². The first-order chi connectivity index (χ1) is 10.3. The number of likely N-dealkylation sites (tertiary alicyclic amines) is 1. The van der Waals surface area contributed by atoms with Gasteiger partial charge in [0.15, 0.2) is 0 Å². The molecule has 0 saturated carbocycles. The molecule has 1 heterocycles. The number of carbonyl (C=O) groups excluding carboxylic acids is 1. The second kappa shape index (κ2) is 6.76. The van der Waals surface area contributed by atoms with Crippen LogP contribution in [0.1, 0.15) is 18.4 Å². The van der Waals surface area contributed by atoms with Crippen molar-refractivity contribution in [2.45, 2.75) is 24.3 Å². The van der Waals surface area contributed by atoms with Crippen molar-refractivity contribution in [2.24, 2.45) is 11.7 Å². The molecule has 1 amide bonds. The van der Waals surface area contributed by atoms with E-state index < -0.39 is 10.0 Å². The molecular weight excluding hydrogens is 302 g/mol. The molecule has 6 nitrogen and oxygen atoms in total. The first-order valence-electron chi connectivity index (χ1n) is 7.34. The highest BCUT2D eigenvalue weighted by Crippen LogP contribution is 2.20. The number of amides is 1. The normalized spacial score (nSPS) is 17.8. The summed E-state index contributed by atoms with van der Waals surface area (Å²) in [7, 11) is -0.358. The Bertz CT molecular complexity index is 635.